The maximum atomic E-state index is 12.2. The van der Waals surface area contributed by atoms with Crippen LogP contribution in [0.3, 0.4) is 0 Å². The smallest absolute Gasteiger partial charge is 0.239 e. The van der Waals surface area contributed by atoms with E-state index in [4.69, 9.17) is 10.5 Å². The average Bonchev–Trinajstić information content (AvgIpc) is 2.86. The van der Waals surface area contributed by atoms with E-state index in [2.05, 4.69) is 18.8 Å². The van der Waals surface area contributed by atoms with Crippen LogP contribution in [0.25, 0.3) is 0 Å². The molecular formula is C15H23N3O2. The normalized spacial score (nSPS) is 20.2. The van der Waals surface area contributed by atoms with E-state index in [1.165, 1.54) is 0 Å². The highest BCUT2D eigenvalue weighted by molar-refractivity contribution is 5.81. The molecule has 1 amide bonds. The van der Waals surface area contributed by atoms with E-state index >= 15 is 0 Å². The van der Waals surface area contributed by atoms with Gasteiger partial charge in [0.2, 0.25) is 5.91 Å². The van der Waals surface area contributed by atoms with Crippen LogP contribution in [-0.4, -0.2) is 41.0 Å². The highest BCUT2D eigenvalue weighted by atomic mass is 16.5. The first kappa shape index (κ1) is 14.8. The molecule has 5 heteroatoms. The van der Waals surface area contributed by atoms with Gasteiger partial charge in [0, 0.05) is 25.4 Å². The van der Waals surface area contributed by atoms with Gasteiger partial charge in [0.25, 0.3) is 0 Å². The van der Waals surface area contributed by atoms with Crippen molar-refractivity contribution in [3.8, 4) is 5.75 Å². The molecule has 0 aliphatic carbocycles. The van der Waals surface area contributed by atoms with Crippen molar-refractivity contribution < 1.29 is 9.53 Å². The summed E-state index contributed by atoms with van der Waals surface area (Å²) in [5, 5.41) is 0. The minimum atomic E-state index is -0.394. The number of nitrogens with two attached hydrogens (primary N) is 1. The van der Waals surface area contributed by atoms with E-state index in [0.29, 0.717) is 12.5 Å². The number of amides is 1. The summed E-state index contributed by atoms with van der Waals surface area (Å²) >= 11 is 0. The Bertz CT molecular complexity index is 436. The van der Waals surface area contributed by atoms with Crippen molar-refractivity contribution in [2.75, 3.05) is 13.1 Å². The molecule has 0 aromatic carbocycles. The van der Waals surface area contributed by atoms with Crippen LogP contribution in [0.4, 0.5) is 0 Å². The summed E-state index contributed by atoms with van der Waals surface area (Å²) in [6, 6.07) is 3.26. The second-order valence-corrected chi connectivity index (χ2v) is 5.73. The average molecular weight is 277 g/mol. The van der Waals surface area contributed by atoms with Crippen LogP contribution in [-0.2, 0) is 4.79 Å². The van der Waals surface area contributed by atoms with Crippen molar-refractivity contribution in [2.24, 2.45) is 11.7 Å². The Morgan fingerprint density at radius 2 is 2.20 bits per heavy atom. The number of carbonyl (C=O) groups is 1. The first-order valence-corrected chi connectivity index (χ1v) is 7.17. The lowest BCUT2D eigenvalue weighted by Gasteiger charge is -2.22. The van der Waals surface area contributed by atoms with E-state index in [1.807, 2.05) is 17.0 Å². The number of aromatic nitrogens is 1. The molecule has 110 valence electrons. The van der Waals surface area contributed by atoms with Gasteiger partial charge in [-0.05, 0) is 24.5 Å². The Morgan fingerprint density at radius 1 is 1.50 bits per heavy atom. The molecule has 0 spiro atoms. The second kappa shape index (κ2) is 6.70. The zero-order valence-corrected chi connectivity index (χ0v) is 12.2. The SMILES string of the molecule is CC(C)C[C@H](N)C(=O)N1CC[C@H](Oc2ccncc2)C1. The second-order valence-electron chi connectivity index (χ2n) is 5.73. The predicted molar refractivity (Wildman–Crippen MR) is 77.3 cm³/mol. The fourth-order valence-corrected chi connectivity index (χ4v) is 2.48. The van der Waals surface area contributed by atoms with Gasteiger partial charge in [0.05, 0.1) is 12.6 Å². The summed E-state index contributed by atoms with van der Waals surface area (Å²) in [7, 11) is 0. The maximum absolute atomic E-state index is 12.2. The minimum absolute atomic E-state index is 0.0412. The number of pyridine rings is 1. The summed E-state index contributed by atoms with van der Waals surface area (Å²) in [4.78, 5) is 18.0. The molecule has 1 aliphatic heterocycles. The standard InChI is InChI=1S/C15H23N3O2/c1-11(2)9-14(16)15(19)18-8-5-13(10-18)20-12-3-6-17-7-4-12/h3-4,6-7,11,13-14H,5,8-10,16H2,1-2H3/t13-,14-/m0/s1. The van der Waals surface area contributed by atoms with Crippen molar-refractivity contribution in [2.45, 2.75) is 38.8 Å². The minimum Gasteiger partial charge on any atom is -0.488 e. The van der Waals surface area contributed by atoms with Crippen LogP contribution < -0.4 is 10.5 Å². The highest BCUT2D eigenvalue weighted by Crippen LogP contribution is 2.18. The number of likely N-dealkylation sites (tertiary alicyclic amines) is 1. The van der Waals surface area contributed by atoms with Crippen LogP contribution in [0.2, 0.25) is 0 Å². The highest BCUT2D eigenvalue weighted by Gasteiger charge is 2.30. The first-order valence-electron chi connectivity index (χ1n) is 7.17. The van der Waals surface area contributed by atoms with Crippen molar-refractivity contribution >= 4 is 5.91 Å². The van der Waals surface area contributed by atoms with Gasteiger partial charge in [0.15, 0.2) is 0 Å². The van der Waals surface area contributed by atoms with Crippen molar-refractivity contribution in [1.29, 1.82) is 0 Å². The third-order valence-electron chi connectivity index (χ3n) is 3.45. The van der Waals surface area contributed by atoms with Gasteiger partial charge < -0.3 is 15.4 Å². The molecule has 1 aromatic heterocycles. The van der Waals surface area contributed by atoms with E-state index < -0.39 is 6.04 Å². The van der Waals surface area contributed by atoms with Crippen molar-refractivity contribution in [3.63, 3.8) is 0 Å². The lowest BCUT2D eigenvalue weighted by molar-refractivity contribution is -0.132. The zero-order valence-electron chi connectivity index (χ0n) is 12.2. The fraction of sp³-hybridized carbons (Fsp3) is 0.600. The van der Waals surface area contributed by atoms with E-state index in [0.717, 1.165) is 25.1 Å². The summed E-state index contributed by atoms with van der Waals surface area (Å²) in [6.07, 6.45) is 5.03. The van der Waals surface area contributed by atoms with Gasteiger partial charge in [-0.2, -0.15) is 0 Å². The van der Waals surface area contributed by atoms with Crippen LogP contribution >= 0.6 is 0 Å². The quantitative estimate of drug-likeness (QED) is 0.884. The number of hydrogen-bond donors (Lipinski definition) is 1. The Labute approximate surface area is 120 Å². The molecule has 1 saturated heterocycles. The predicted octanol–water partition coefficient (Wildman–Crippen LogP) is 1.43. The van der Waals surface area contributed by atoms with Gasteiger partial charge >= 0.3 is 0 Å². The largest absolute Gasteiger partial charge is 0.488 e. The number of rotatable bonds is 5. The van der Waals surface area contributed by atoms with Gasteiger partial charge in [-0.25, -0.2) is 0 Å². The zero-order chi connectivity index (χ0) is 14.5. The maximum Gasteiger partial charge on any atom is 0.239 e. The van der Waals surface area contributed by atoms with E-state index in [9.17, 15) is 4.79 Å². The number of ether oxygens (including phenoxy) is 1. The van der Waals surface area contributed by atoms with Gasteiger partial charge in [0.1, 0.15) is 11.9 Å². The molecule has 2 heterocycles. The number of hydrogen-bond acceptors (Lipinski definition) is 4. The summed E-state index contributed by atoms with van der Waals surface area (Å²) in [5.74, 6) is 1.27. The summed E-state index contributed by atoms with van der Waals surface area (Å²) < 4.78 is 5.84. The van der Waals surface area contributed by atoms with Crippen molar-refractivity contribution in [3.05, 3.63) is 24.5 Å². The molecule has 5 nitrogen and oxygen atoms in total. The van der Waals surface area contributed by atoms with Crippen molar-refractivity contribution in [1.82, 2.24) is 9.88 Å². The van der Waals surface area contributed by atoms with Crippen LogP contribution in [0, 0.1) is 5.92 Å². The number of nitrogens with zero attached hydrogens (tertiary/aromatic N) is 2. The lowest BCUT2D eigenvalue weighted by Crippen LogP contribution is -2.43. The Morgan fingerprint density at radius 3 is 2.85 bits per heavy atom. The molecule has 2 N–H and O–H groups in total. The molecule has 0 unspecified atom stereocenters. The molecule has 0 radical (unpaired) electrons. The Hall–Kier alpha value is -1.62. The van der Waals surface area contributed by atoms with Gasteiger partial charge in [-0.3, -0.25) is 9.78 Å². The molecule has 1 aliphatic rings. The first-order chi connectivity index (χ1) is 9.56. The molecule has 0 saturated carbocycles. The molecule has 2 rings (SSSR count). The molecule has 0 bridgehead atoms. The molecular weight excluding hydrogens is 254 g/mol. The number of carbonyl (C=O) groups excluding carboxylic acids is 1. The molecule has 1 fully saturated rings. The monoisotopic (exact) mass is 277 g/mol. The third kappa shape index (κ3) is 3.93. The van der Waals surface area contributed by atoms with E-state index in [1.54, 1.807) is 12.4 Å². The topological polar surface area (TPSA) is 68.5 Å². The summed E-state index contributed by atoms with van der Waals surface area (Å²) in [5.41, 5.74) is 5.96. The van der Waals surface area contributed by atoms with Gasteiger partial charge in [-0.15, -0.1) is 0 Å². The Balaban J connectivity index is 1.84. The molecule has 2 atom stereocenters. The van der Waals surface area contributed by atoms with Gasteiger partial charge in [-0.1, -0.05) is 13.8 Å². The molecule has 20 heavy (non-hydrogen) atoms. The lowest BCUT2D eigenvalue weighted by atomic mass is 10.0. The van der Waals surface area contributed by atoms with Crippen LogP contribution in [0.5, 0.6) is 5.75 Å². The van der Waals surface area contributed by atoms with Crippen LogP contribution in [0.1, 0.15) is 26.7 Å². The molecule has 1 aromatic rings. The Kier molecular flexibility index (Phi) is 4.95. The summed E-state index contributed by atoms with van der Waals surface area (Å²) in [6.45, 7) is 5.49. The fourth-order valence-electron chi connectivity index (χ4n) is 2.48. The van der Waals surface area contributed by atoms with E-state index in [-0.39, 0.29) is 12.0 Å². The third-order valence-corrected chi connectivity index (χ3v) is 3.45. The van der Waals surface area contributed by atoms with Crippen LogP contribution in [0.15, 0.2) is 24.5 Å².